The average molecular weight is 289 g/mol. The lowest BCUT2D eigenvalue weighted by molar-refractivity contribution is 0.668. The van der Waals surface area contributed by atoms with Crippen LogP contribution < -0.4 is 5.73 Å². The first-order chi connectivity index (χ1) is 9.67. The molecule has 4 nitrogen and oxygen atoms in total. The Hall–Kier alpha value is -1.99. The van der Waals surface area contributed by atoms with Crippen molar-refractivity contribution in [1.29, 1.82) is 5.26 Å². The van der Waals surface area contributed by atoms with Gasteiger partial charge in [-0.25, -0.2) is 4.68 Å². The number of nitrogens with zero attached hydrogens (tertiary/aromatic N) is 3. The van der Waals surface area contributed by atoms with Gasteiger partial charge in [-0.2, -0.15) is 10.4 Å². The molecule has 0 bridgehead atoms. The van der Waals surface area contributed by atoms with E-state index in [2.05, 4.69) is 18.1 Å². The summed E-state index contributed by atoms with van der Waals surface area (Å²) in [5.74, 6) is 0.415. The predicted octanol–water partition coefficient (Wildman–Crippen LogP) is 3.38. The summed E-state index contributed by atoms with van der Waals surface area (Å²) in [5.41, 5.74) is 8.23. The summed E-state index contributed by atoms with van der Waals surface area (Å²) in [6, 6.07) is 9.72. The van der Waals surface area contributed by atoms with Crippen LogP contribution in [0.5, 0.6) is 0 Å². The quantitative estimate of drug-likeness (QED) is 0.917. The predicted molar refractivity (Wildman–Crippen MR) is 80.5 cm³/mol. The molecular weight excluding hydrogens is 272 g/mol. The van der Waals surface area contributed by atoms with Crippen LogP contribution in [-0.4, -0.2) is 9.78 Å². The lowest BCUT2D eigenvalue weighted by Crippen LogP contribution is -2.06. The van der Waals surface area contributed by atoms with E-state index in [1.54, 1.807) is 4.68 Å². The maximum atomic E-state index is 9.22. The Morgan fingerprint density at radius 3 is 2.80 bits per heavy atom. The van der Waals surface area contributed by atoms with Crippen molar-refractivity contribution in [3.05, 3.63) is 46.1 Å². The van der Waals surface area contributed by atoms with Crippen molar-refractivity contribution in [2.45, 2.75) is 32.7 Å². The number of benzene rings is 1. The van der Waals surface area contributed by atoms with Crippen LogP contribution in [0, 0.1) is 11.3 Å². The van der Waals surface area contributed by atoms with Crippen molar-refractivity contribution >= 4 is 17.4 Å². The zero-order valence-corrected chi connectivity index (χ0v) is 12.2. The number of halogens is 1. The van der Waals surface area contributed by atoms with Gasteiger partial charge in [-0.15, -0.1) is 0 Å². The van der Waals surface area contributed by atoms with E-state index in [9.17, 15) is 5.26 Å². The van der Waals surface area contributed by atoms with E-state index in [0.717, 1.165) is 30.5 Å². The van der Waals surface area contributed by atoms with Gasteiger partial charge in [0.05, 0.1) is 12.2 Å². The normalized spacial score (nSPS) is 10.4. The minimum Gasteiger partial charge on any atom is -0.383 e. The molecule has 0 saturated carbocycles. The third kappa shape index (κ3) is 2.94. The number of nitrogen functional groups attached to an aromatic ring is 1. The number of hydrogen-bond acceptors (Lipinski definition) is 3. The van der Waals surface area contributed by atoms with E-state index >= 15 is 0 Å². The maximum absolute atomic E-state index is 9.22. The highest BCUT2D eigenvalue weighted by molar-refractivity contribution is 6.31. The molecule has 2 N–H and O–H groups in total. The first-order valence-electron chi connectivity index (χ1n) is 6.66. The van der Waals surface area contributed by atoms with Gasteiger partial charge in [0.2, 0.25) is 0 Å². The molecular formula is C15H17ClN4. The molecule has 1 heterocycles. The Morgan fingerprint density at radius 1 is 1.40 bits per heavy atom. The van der Waals surface area contributed by atoms with Crippen LogP contribution in [0.3, 0.4) is 0 Å². The Balaban J connectivity index is 2.31. The van der Waals surface area contributed by atoms with Crippen LogP contribution in [0.2, 0.25) is 5.02 Å². The summed E-state index contributed by atoms with van der Waals surface area (Å²) in [7, 11) is 0. The molecule has 1 aromatic heterocycles. The molecule has 0 atom stereocenters. The number of anilines is 1. The highest BCUT2D eigenvalue weighted by Gasteiger charge is 2.15. The van der Waals surface area contributed by atoms with Gasteiger partial charge in [-0.3, -0.25) is 0 Å². The molecule has 2 rings (SSSR count). The van der Waals surface area contributed by atoms with Gasteiger partial charge < -0.3 is 5.73 Å². The third-order valence-electron chi connectivity index (χ3n) is 3.22. The Labute approximate surface area is 123 Å². The number of nitriles is 1. The van der Waals surface area contributed by atoms with Crippen molar-refractivity contribution in [2.24, 2.45) is 0 Å². The minimum atomic E-state index is 0.415. The van der Waals surface area contributed by atoms with Gasteiger partial charge in [-0.1, -0.05) is 43.1 Å². The molecule has 0 unspecified atom stereocenters. The topological polar surface area (TPSA) is 67.6 Å². The van der Waals surface area contributed by atoms with Crippen LogP contribution in [0.4, 0.5) is 5.82 Å². The molecule has 1 aromatic carbocycles. The van der Waals surface area contributed by atoms with Crippen molar-refractivity contribution < 1.29 is 0 Å². The molecule has 0 radical (unpaired) electrons. The highest BCUT2D eigenvalue weighted by atomic mass is 35.5. The fourth-order valence-corrected chi connectivity index (χ4v) is 2.27. The van der Waals surface area contributed by atoms with Crippen molar-refractivity contribution in [3.8, 4) is 6.07 Å². The molecule has 0 amide bonds. The third-order valence-corrected chi connectivity index (χ3v) is 3.59. The zero-order valence-electron chi connectivity index (χ0n) is 11.4. The van der Waals surface area contributed by atoms with Gasteiger partial charge in [0.25, 0.3) is 0 Å². The Morgan fingerprint density at radius 2 is 2.15 bits per heavy atom. The van der Waals surface area contributed by atoms with Crippen molar-refractivity contribution in [3.63, 3.8) is 0 Å². The molecule has 104 valence electrons. The maximum Gasteiger partial charge on any atom is 0.140 e. The van der Waals surface area contributed by atoms with E-state index in [0.29, 0.717) is 22.9 Å². The van der Waals surface area contributed by atoms with Crippen LogP contribution in [0.15, 0.2) is 24.3 Å². The van der Waals surface area contributed by atoms with Crippen LogP contribution in [0.1, 0.15) is 36.6 Å². The van der Waals surface area contributed by atoms with E-state index in [-0.39, 0.29) is 0 Å². The largest absolute Gasteiger partial charge is 0.383 e. The molecule has 2 aromatic rings. The fraction of sp³-hybridized carbons (Fsp3) is 0.333. The number of rotatable bonds is 5. The number of nitrogens with two attached hydrogens (primary N) is 1. The first kappa shape index (κ1) is 14.4. The highest BCUT2D eigenvalue weighted by Crippen LogP contribution is 2.21. The number of hydrogen-bond donors (Lipinski definition) is 1. The van der Waals surface area contributed by atoms with Gasteiger partial charge in [-0.05, 0) is 24.5 Å². The van der Waals surface area contributed by atoms with Gasteiger partial charge >= 0.3 is 0 Å². The van der Waals surface area contributed by atoms with Gasteiger partial charge in [0.1, 0.15) is 17.5 Å². The molecule has 0 aliphatic heterocycles. The summed E-state index contributed by atoms with van der Waals surface area (Å²) in [6.45, 7) is 2.59. The second kappa shape index (κ2) is 6.44. The molecule has 5 heteroatoms. The zero-order chi connectivity index (χ0) is 14.5. The van der Waals surface area contributed by atoms with Crippen LogP contribution >= 0.6 is 11.6 Å². The molecule has 0 spiro atoms. The first-order valence-corrected chi connectivity index (χ1v) is 7.03. The fourth-order valence-electron chi connectivity index (χ4n) is 2.08. The minimum absolute atomic E-state index is 0.415. The number of aromatic nitrogens is 2. The van der Waals surface area contributed by atoms with Crippen LogP contribution in [0.25, 0.3) is 0 Å². The van der Waals surface area contributed by atoms with E-state index < -0.39 is 0 Å². The van der Waals surface area contributed by atoms with E-state index in [1.165, 1.54) is 0 Å². The van der Waals surface area contributed by atoms with Gasteiger partial charge in [0, 0.05) is 5.02 Å². The number of unbranched alkanes of at least 4 members (excludes halogenated alkanes) is 1. The molecule has 0 aliphatic rings. The second-order valence-corrected chi connectivity index (χ2v) is 5.08. The molecule has 0 fully saturated rings. The van der Waals surface area contributed by atoms with Crippen LogP contribution in [-0.2, 0) is 13.0 Å². The summed E-state index contributed by atoms with van der Waals surface area (Å²) in [6.07, 6.45) is 2.83. The molecule has 20 heavy (non-hydrogen) atoms. The van der Waals surface area contributed by atoms with Crippen molar-refractivity contribution in [1.82, 2.24) is 9.78 Å². The van der Waals surface area contributed by atoms with Crippen molar-refractivity contribution in [2.75, 3.05) is 5.73 Å². The lowest BCUT2D eigenvalue weighted by atomic mass is 10.1. The molecule has 0 saturated heterocycles. The van der Waals surface area contributed by atoms with E-state index in [4.69, 9.17) is 17.3 Å². The second-order valence-electron chi connectivity index (χ2n) is 4.67. The lowest BCUT2D eigenvalue weighted by Gasteiger charge is -2.06. The summed E-state index contributed by atoms with van der Waals surface area (Å²) < 4.78 is 1.66. The summed E-state index contributed by atoms with van der Waals surface area (Å²) in [5, 5.41) is 14.4. The Bertz CT molecular complexity index is 640. The summed E-state index contributed by atoms with van der Waals surface area (Å²) in [4.78, 5) is 0. The smallest absolute Gasteiger partial charge is 0.140 e. The standard InChI is InChI=1S/C15H17ClN4/c1-2-3-8-14-12(9-17)15(18)20(19-14)10-11-6-4-5-7-13(11)16/h4-7H,2-3,8,10,18H2,1H3. The number of aryl methyl sites for hydroxylation is 1. The Kier molecular flexibility index (Phi) is 4.65. The molecule has 0 aliphatic carbocycles. The SMILES string of the molecule is CCCCc1nn(Cc2ccccc2Cl)c(N)c1C#N. The van der Waals surface area contributed by atoms with E-state index in [1.807, 2.05) is 24.3 Å². The average Bonchev–Trinajstić information content (AvgIpc) is 2.75. The van der Waals surface area contributed by atoms with Gasteiger partial charge in [0.15, 0.2) is 0 Å². The monoisotopic (exact) mass is 288 g/mol. The summed E-state index contributed by atoms with van der Waals surface area (Å²) >= 11 is 6.14.